The van der Waals surface area contributed by atoms with Gasteiger partial charge in [-0.05, 0) is 44.2 Å². The maximum absolute atomic E-state index is 3.19. The van der Waals surface area contributed by atoms with Gasteiger partial charge >= 0.3 is 0 Å². The molecule has 0 amide bonds. The van der Waals surface area contributed by atoms with E-state index in [0.29, 0.717) is 0 Å². The summed E-state index contributed by atoms with van der Waals surface area (Å²) in [5, 5.41) is 4.52. The molecule has 1 heterocycles. The van der Waals surface area contributed by atoms with Gasteiger partial charge in [0.2, 0.25) is 0 Å². The number of aromatic nitrogens is 1. The van der Waals surface area contributed by atoms with Crippen LogP contribution in [0.5, 0.6) is 0 Å². The third-order valence-electron chi connectivity index (χ3n) is 3.01. The van der Waals surface area contributed by atoms with Gasteiger partial charge in [0.1, 0.15) is 0 Å². The van der Waals surface area contributed by atoms with Crippen molar-refractivity contribution < 1.29 is 0 Å². The van der Waals surface area contributed by atoms with Gasteiger partial charge in [-0.25, -0.2) is 0 Å². The van der Waals surface area contributed by atoms with Crippen LogP contribution in [0.1, 0.15) is 5.56 Å². The summed E-state index contributed by atoms with van der Waals surface area (Å²) in [6.07, 6.45) is 2.18. The molecule has 92 valence electrons. The minimum absolute atomic E-state index is 0.925. The topological polar surface area (TPSA) is 20.2 Å². The van der Waals surface area contributed by atoms with Crippen molar-refractivity contribution in [3.05, 3.63) is 36.0 Å². The van der Waals surface area contributed by atoms with Crippen LogP contribution in [0.4, 0.5) is 0 Å². The zero-order valence-corrected chi connectivity index (χ0v) is 10.9. The predicted molar refractivity (Wildman–Crippen MR) is 73.3 cm³/mol. The highest BCUT2D eigenvalue weighted by atomic mass is 15.1. The molecule has 17 heavy (non-hydrogen) atoms. The molecule has 3 nitrogen and oxygen atoms in total. The minimum Gasteiger partial charge on any atom is -0.346 e. The maximum atomic E-state index is 3.19. The second-order valence-corrected chi connectivity index (χ2v) is 4.74. The molecule has 3 heteroatoms. The lowest BCUT2D eigenvalue weighted by molar-refractivity contribution is 0.387. The van der Waals surface area contributed by atoms with Crippen LogP contribution in [0, 0.1) is 0 Å². The molecule has 1 aromatic heterocycles. The summed E-state index contributed by atoms with van der Waals surface area (Å²) >= 11 is 0. The normalized spacial score (nSPS) is 11.5. The van der Waals surface area contributed by atoms with Gasteiger partial charge < -0.3 is 14.8 Å². The molecular weight excluding hydrogens is 210 g/mol. The molecule has 0 saturated heterocycles. The third-order valence-corrected chi connectivity index (χ3v) is 3.01. The van der Waals surface area contributed by atoms with Gasteiger partial charge in [-0.3, -0.25) is 0 Å². The van der Waals surface area contributed by atoms with E-state index >= 15 is 0 Å². The quantitative estimate of drug-likeness (QED) is 0.848. The molecule has 0 aliphatic rings. The average Bonchev–Trinajstić information content (AvgIpc) is 2.69. The van der Waals surface area contributed by atoms with Gasteiger partial charge in [-0.15, -0.1) is 0 Å². The Hall–Kier alpha value is -1.32. The first kappa shape index (κ1) is 12.1. The molecule has 2 rings (SSSR count). The van der Waals surface area contributed by atoms with Gasteiger partial charge in [0.15, 0.2) is 0 Å². The fourth-order valence-corrected chi connectivity index (χ4v) is 2.05. The second-order valence-electron chi connectivity index (χ2n) is 4.74. The van der Waals surface area contributed by atoms with Crippen molar-refractivity contribution in [3.63, 3.8) is 0 Å². The van der Waals surface area contributed by atoms with Gasteiger partial charge in [-0.1, -0.05) is 12.1 Å². The number of fused-ring (bicyclic) bond motifs is 1. The molecule has 0 spiro atoms. The summed E-state index contributed by atoms with van der Waals surface area (Å²) < 4.78 is 2.33. The Morgan fingerprint density at radius 1 is 1.24 bits per heavy atom. The summed E-state index contributed by atoms with van der Waals surface area (Å²) in [7, 11) is 6.20. The molecular formula is C14H21N3. The van der Waals surface area contributed by atoms with Crippen molar-refractivity contribution in [1.29, 1.82) is 0 Å². The van der Waals surface area contributed by atoms with Crippen molar-refractivity contribution in [2.75, 3.05) is 27.7 Å². The van der Waals surface area contributed by atoms with Crippen molar-refractivity contribution in [3.8, 4) is 0 Å². The first-order valence-corrected chi connectivity index (χ1v) is 6.08. The number of nitrogens with zero attached hydrogens (tertiary/aromatic N) is 2. The Bertz CT molecular complexity index is 485. The second kappa shape index (κ2) is 5.34. The minimum atomic E-state index is 0.925. The highest BCUT2D eigenvalue weighted by molar-refractivity contribution is 5.80. The summed E-state index contributed by atoms with van der Waals surface area (Å²) in [5.41, 5.74) is 2.67. The van der Waals surface area contributed by atoms with E-state index in [4.69, 9.17) is 0 Å². The summed E-state index contributed by atoms with van der Waals surface area (Å²) in [4.78, 5) is 2.21. The lowest BCUT2D eigenvalue weighted by atomic mass is 10.1. The molecule has 0 fully saturated rings. The van der Waals surface area contributed by atoms with E-state index in [1.165, 1.54) is 16.5 Å². The summed E-state index contributed by atoms with van der Waals surface area (Å²) in [6.45, 7) is 3.04. The fourth-order valence-electron chi connectivity index (χ4n) is 2.05. The molecule has 1 N–H and O–H groups in total. The van der Waals surface area contributed by atoms with Gasteiger partial charge in [0.05, 0.1) is 0 Å². The zero-order valence-electron chi connectivity index (χ0n) is 10.9. The largest absolute Gasteiger partial charge is 0.346 e. The van der Waals surface area contributed by atoms with Crippen LogP contribution in [0.2, 0.25) is 0 Å². The van der Waals surface area contributed by atoms with Crippen LogP contribution < -0.4 is 5.32 Å². The van der Waals surface area contributed by atoms with Crippen LogP contribution >= 0.6 is 0 Å². The standard InChI is InChI=1S/C14H21N3/c1-15-11-12-4-5-13-6-7-17(14(13)10-12)9-8-16(2)3/h4-7,10,15H,8-9,11H2,1-3H3. The number of benzene rings is 1. The highest BCUT2D eigenvalue weighted by Crippen LogP contribution is 2.17. The van der Waals surface area contributed by atoms with E-state index in [9.17, 15) is 0 Å². The molecule has 0 unspecified atom stereocenters. The van der Waals surface area contributed by atoms with E-state index < -0.39 is 0 Å². The molecule has 2 aromatic rings. The Balaban J connectivity index is 2.26. The Morgan fingerprint density at radius 2 is 2.06 bits per heavy atom. The molecule has 0 atom stereocenters. The van der Waals surface area contributed by atoms with Crippen LogP contribution in [0.15, 0.2) is 30.5 Å². The van der Waals surface area contributed by atoms with Crippen LogP contribution in [0.3, 0.4) is 0 Å². The van der Waals surface area contributed by atoms with E-state index in [2.05, 4.69) is 59.3 Å². The molecule has 0 saturated carbocycles. The Kier molecular flexibility index (Phi) is 3.82. The number of rotatable bonds is 5. The smallest absolute Gasteiger partial charge is 0.0483 e. The lowest BCUT2D eigenvalue weighted by Crippen LogP contribution is -2.17. The number of hydrogen-bond acceptors (Lipinski definition) is 2. The summed E-state index contributed by atoms with van der Waals surface area (Å²) in [5.74, 6) is 0. The van der Waals surface area contributed by atoms with Crippen molar-refractivity contribution >= 4 is 10.9 Å². The SMILES string of the molecule is CNCc1ccc2ccn(CCN(C)C)c2c1. The number of likely N-dealkylation sites (N-methyl/N-ethyl adjacent to an activating group) is 1. The summed E-state index contributed by atoms with van der Waals surface area (Å²) in [6, 6.07) is 8.86. The van der Waals surface area contributed by atoms with E-state index in [-0.39, 0.29) is 0 Å². The van der Waals surface area contributed by atoms with E-state index in [0.717, 1.165) is 19.6 Å². The maximum Gasteiger partial charge on any atom is 0.0483 e. The van der Waals surface area contributed by atoms with Crippen molar-refractivity contribution in [2.45, 2.75) is 13.1 Å². The number of hydrogen-bond donors (Lipinski definition) is 1. The zero-order chi connectivity index (χ0) is 12.3. The Morgan fingerprint density at radius 3 is 2.76 bits per heavy atom. The van der Waals surface area contributed by atoms with Gasteiger partial charge in [-0.2, -0.15) is 0 Å². The van der Waals surface area contributed by atoms with Gasteiger partial charge in [0, 0.05) is 31.3 Å². The monoisotopic (exact) mass is 231 g/mol. The molecule has 1 aromatic carbocycles. The fraction of sp³-hybridized carbons (Fsp3) is 0.429. The first-order valence-electron chi connectivity index (χ1n) is 6.08. The van der Waals surface area contributed by atoms with Crippen LogP contribution in [-0.4, -0.2) is 37.2 Å². The van der Waals surface area contributed by atoms with Crippen LogP contribution in [-0.2, 0) is 13.1 Å². The molecule has 0 aliphatic heterocycles. The van der Waals surface area contributed by atoms with Crippen LogP contribution in [0.25, 0.3) is 10.9 Å². The third kappa shape index (κ3) is 2.87. The molecule has 0 aliphatic carbocycles. The highest BCUT2D eigenvalue weighted by Gasteiger charge is 2.02. The first-order chi connectivity index (χ1) is 8.20. The number of nitrogens with one attached hydrogen (secondary N) is 1. The average molecular weight is 231 g/mol. The Labute approximate surface area is 103 Å². The van der Waals surface area contributed by atoms with E-state index in [1.54, 1.807) is 0 Å². The predicted octanol–water partition coefficient (Wildman–Crippen LogP) is 1.92. The van der Waals surface area contributed by atoms with Gasteiger partial charge in [0.25, 0.3) is 0 Å². The lowest BCUT2D eigenvalue weighted by Gasteiger charge is -2.11. The van der Waals surface area contributed by atoms with E-state index in [1.807, 2.05) is 7.05 Å². The van der Waals surface area contributed by atoms with Crippen molar-refractivity contribution in [1.82, 2.24) is 14.8 Å². The molecule has 0 radical (unpaired) electrons. The molecule has 0 bridgehead atoms. The van der Waals surface area contributed by atoms with Crippen molar-refractivity contribution in [2.24, 2.45) is 0 Å².